The van der Waals surface area contributed by atoms with Gasteiger partial charge in [0.25, 0.3) is 0 Å². The molecule has 0 aromatic heterocycles. The normalized spacial score (nSPS) is 11.9. The monoisotopic (exact) mass is 335 g/mol. The fourth-order valence-electron chi connectivity index (χ4n) is 2.70. The van der Waals surface area contributed by atoms with Crippen molar-refractivity contribution in [3.63, 3.8) is 0 Å². The smallest absolute Gasteiger partial charge is 0.203 e. The van der Waals surface area contributed by atoms with Crippen LogP contribution in [0.15, 0.2) is 36.4 Å². The van der Waals surface area contributed by atoms with Gasteiger partial charge in [0.05, 0.1) is 21.3 Å². The number of hydrogen-bond donors (Lipinski definition) is 1. The van der Waals surface area contributed by atoms with Crippen molar-refractivity contribution in [3.05, 3.63) is 52.5 Å². The van der Waals surface area contributed by atoms with E-state index in [-0.39, 0.29) is 5.92 Å². The Hall–Kier alpha value is -1.91. The molecule has 0 bridgehead atoms. The molecule has 0 heterocycles. The van der Waals surface area contributed by atoms with E-state index < -0.39 is 0 Å². The number of nitrogens with two attached hydrogens (primary N) is 1. The van der Waals surface area contributed by atoms with Gasteiger partial charge < -0.3 is 19.9 Å². The maximum Gasteiger partial charge on any atom is 0.203 e. The topological polar surface area (TPSA) is 53.7 Å². The number of ether oxygens (including phenoxy) is 3. The summed E-state index contributed by atoms with van der Waals surface area (Å²) >= 11 is 6.28. The Labute approximate surface area is 142 Å². The first-order valence-corrected chi connectivity index (χ1v) is 7.76. The molecule has 0 saturated carbocycles. The van der Waals surface area contributed by atoms with E-state index in [0.29, 0.717) is 23.8 Å². The van der Waals surface area contributed by atoms with E-state index in [1.54, 1.807) is 21.3 Å². The van der Waals surface area contributed by atoms with Crippen LogP contribution in [0.25, 0.3) is 0 Å². The van der Waals surface area contributed by atoms with Gasteiger partial charge in [0.1, 0.15) is 0 Å². The molecule has 2 aromatic carbocycles. The zero-order chi connectivity index (χ0) is 16.8. The van der Waals surface area contributed by atoms with E-state index in [1.807, 2.05) is 36.4 Å². The number of rotatable bonds is 7. The predicted octanol–water partition coefficient (Wildman–Crippen LogP) is 3.65. The summed E-state index contributed by atoms with van der Waals surface area (Å²) in [7, 11) is 4.81. The Morgan fingerprint density at radius 2 is 1.65 bits per heavy atom. The number of benzene rings is 2. The molecular weight excluding hydrogens is 314 g/mol. The summed E-state index contributed by atoms with van der Waals surface area (Å²) in [4.78, 5) is 0. The lowest BCUT2D eigenvalue weighted by Crippen LogP contribution is -2.16. The fraction of sp³-hybridized carbons (Fsp3) is 0.333. The predicted molar refractivity (Wildman–Crippen MR) is 93.0 cm³/mol. The van der Waals surface area contributed by atoms with Gasteiger partial charge in [-0.2, -0.15) is 0 Å². The Morgan fingerprint density at radius 1 is 0.957 bits per heavy atom. The second kappa shape index (κ2) is 8.09. The summed E-state index contributed by atoms with van der Waals surface area (Å²) in [5.41, 5.74) is 8.05. The maximum absolute atomic E-state index is 6.28. The van der Waals surface area contributed by atoms with Crippen LogP contribution in [0.1, 0.15) is 17.0 Å². The van der Waals surface area contributed by atoms with Gasteiger partial charge in [0, 0.05) is 16.5 Å². The van der Waals surface area contributed by atoms with Crippen LogP contribution >= 0.6 is 11.6 Å². The largest absolute Gasteiger partial charge is 0.493 e. The zero-order valence-corrected chi connectivity index (χ0v) is 14.4. The van der Waals surface area contributed by atoms with Gasteiger partial charge in [-0.05, 0) is 30.7 Å². The van der Waals surface area contributed by atoms with Gasteiger partial charge in [-0.1, -0.05) is 35.9 Å². The molecule has 23 heavy (non-hydrogen) atoms. The summed E-state index contributed by atoms with van der Waals surface area (Å²) in [6.45, 7) is 0.469. The molecule has 0 saturated heterocycles. The van der Waals surface area contributed by atoms with Crippen molar-refractivity contribution in [3.8, 4) is 17.2 Å². The second-order valence-electron chi connectivity index (χ2n) is 5.15. The summed E-state index contributed by atoms with van der Waals surface area (Å²) in [6, 6.07) is 11.6. The van der Waals surface area contributed by atoms with E-state index in [1.165, 1.54) is 0 Å². The summed E-state index contributed by atoms with van der Waals surface area (Å²) in [5, 5.41) is 0.741. The molecule has 0 aliphatic heterocycles. The van der Waals surface area contributed by atoms with Crippen LogP contribution in [0.3, 0.4) is 0 Å². The van der Waals surface area contributed by atoms with E-state index in [2.05, 4.69) is 0 Å². The van der Waals surface area contributed by atoms with Crippen LogP contribution in [-0.2, 0) is 6.42 Å². The lowest BCUT2D eigenvalue weighted by molar-refractivity contribution is 0.320. The Morgan fingerprint density at radius 3 is 2.22 bits per heavy atom. The van der Waals surface area contributed by atoms with E-state index in [9.17, 15) is 0 Å². The van der Waals surface area contributed by atoms with Crippen molar-refractivity contribution in [2.45, 2.75) is 12.3 Å². The highest BCUT2D eigenvalue weighted by atomic mass is 35.5. The van der Waals surface area contributed by atoms with Crippen molar-refractivity contribution in [2.75, 3.05) is 27.9 Å². The molecule has 0 amide bonds. The Bertz CT molecular complexity index is 661. The van der Waals surface area contributed by atoms with Gasteiger partial charge in [-0.25, -0.2) is 0 Å². The molecule has 1 unspecified atom stereocenters. The van der Waals surface area contributed by atoms with Crippen molar-refractivity contribution >= 4 is 11.6 Å². The highest BCUT2D eigenvalue weighted by molar-refractivity contribution is 6.31. The second-order valence-corrected chi connectivity index (χ2v) is 5.56. The first-order valence-electron chi connectivity index (χ1n) is 7.38. The van der Waals surface area contributed by atoms with Crippen LogP contribution in [0, 0.1) is 0 Å². The minimum atomic E-state index is 0.0599. The summed E-state index contributed by atoms with van der Waals surface area (Å²) < 4.78 is 16.3. The molecule has 2 rings (SSSR count). The molecule has 0 spiro atoms. The third-order valence-electron chi connectivity index (χ3n) is 3.88. The quantitative estimate of drug-likeness (QED) is 0.839. The minimum Gasteiger partial charge on any atom is -0.493 e. The minimum absolute atomic E-state index is 0.0599. The van der Waals surface area contributed by atoms with Gasteiger partial charge in [-0.3, -0.25) is 0 Å². The molecule has 0 radical (unpaired) electrons. The first kappa shape index (κ1) is 17.4. The molecule has 2 N–H and O–H groups in total. The third-order valence-corrected chi connectivity index (χ3v) is 4.25. The van der Waals surface area contributed by atoms with Crippen molar-refractivity contribution in [2.24, 2.45) is 5.73 Å². The first-order chi connectivity index (χ1) is 11.2. The van der Waals surface area contributed by atoms with E-state index in [0.717, 1.165) is 22.6 Å². The van der Waals surface area contributed by atoms with E-state index in [4.69, 9.17) is 31.5 Å². The zero-order valence-electron chi connectivity index (χ0n) is 13.6. The number of halogens is 1. The lowest BCUT2D eigenvalue weighted by atomic mass is 9.91. The molecule has 4 nitrogen and oxygen atoms in total. The standard InChI is InChI=1S/C18H22ClNO3/c1-21-16-9-8-14(17(22-2)18(16)23-3)13(11-20)10-12-6-4-5-7-15(12)19/h4-9,13H,10-11,20H2,1-3H3. The van der Waals surface area contributed by atoms with Gasteiger partial charge in [0.2, 0.25) is 5.75 Å². The average molecular weight is 336 g/mol. The highest BCUT2D eigenvalue weighted by Gasteiger charge is 2.22. The van der Waals surface area contributed by atoms with Crippen LogP contribution < -0.4 is 19.9 Å². The number of hydrogen-bond acceptors (Lipinski definition) is 4. The van der Waals surface area contributed by atoms with Crippen molar-refractivity contribution in [1.29, 1.82) is 0 Å². The maximum atomic E-state index is 6.28. The van der Waals surface area contributed by atoms with Gasteiger partial charge in [0.15, 0.2) is 11.5 Å². The molecule has 2 aromatic rings. The Balaban J connectivity index is 2.43. The summed E-state index contributed by atoms with van der Waals surface area (Å²) in [5.74, 6) is 1.91. The average Bonchev–Trinajstić information content (AvgIpc) is 2.59. The van der Waals surface area contributed by atoms with Crippen LogP contribution in [0.5, 0.6) is 17.2 Å². The van der Waals surface area contributed by atoms with Crippen LogP contribution in [-0.4, -0.2) is 27.9 Å². The van der Waals surface area contributed by atoms with Crippen molar-refractivity contribution in [1.82, 2.24) is 0 Å². The molecule has 0 fully saturated rings. The third kappa shape index (κ3) is 3.71. The van der Waals surface area contributed by atoms with Gasteiger partial charge in [-0.15, -0.1) is 0 Å². The number of methoxy groups -OCH3 is 3. The molecule has 124 valence electrons. The van der Waals surface area contributed by atoms with Gasteiger partial charge >= 0.3 is 0 Å². The molecule has 0 aliphatic rings. The highest BCUT2D eigenvalue weighted by Crippen LogP contribution is 2.43. The molecule has 5 heteroatoms. The SMILES string of the molecule is COc1ccc(C(CN)Cc2ccccc2Cl)c(OC)c1OC. The molecular formula is C18H22ClNO3. The lowest BCUT2D eigenvalue weighted by Gasteiger charge is -2.22. The molecule has 1 atom stereocenters. The summed E-state index contributed by atoms with van der Waals surface area (Å²) in [6.07, 6.45) is 0.724. The van der Waals surface area contributed by atoms with Crippen LogP contribution in [0.2, 0.25) is 5.02 Å². The Kier molecular flexibility index (Phi) is 6.13. The van der Waals surface area contributed by atoms with Crippen molar-refractivity contribution < 1.29 is 14.2 Å². The fourth-order valence-corrected chi connectivity index (χ4v) is 2.91. The molecule has 0 aliphatic carbocycles. The van der Waals surface area contributed by atoms with Crippen LogP contribution in [0.4, 0.5) is 0 Å². The van der Waals surface area contributed by atoms with E-state index >= 15 is 0 Å².